The van der Waals surface area contributed by atoms with Gasteiger partial charge in [0.05, 0.1) is 25.1 Å². The first kappa shape index (κ1) is 13.5. The van der Waals surface area contributed by atoms with Crippen LogP contribution in [0.4, 0.5) is 11.8 Å². The Balaban J connectivity index is 2.46. The highest BCUT2D eigenvalue weighted by Gasteiger charge is 2.28. The highest BCUT2D eigenvalue weighted by atomic mass is 16.3. The number of nitrogens with one attached hydrogen (secondary N) is 3. The zero-order chi connectivity index (χ0) is 13.9. The third-order valence-electron chi connectivity index (χ3n) is 3.17. The fourth-order valence-corrected chi connectivity index (χ4v) is 1.73. The lowest BCUT2D eigenvalue weighted by atomic mass is 9.98. The van der Waals surface area contributed by atoms with Crippen molar-refractivity contribution in [3.63, 3.8) is 0 Å². The number of anilines is 2. The van der Waals surface area contributed by atoms with E-state index in [1.54, 1.807) is 7.05 Å². The van der Waals surface area contributed by atoms with Crippen LogP contribution < -0.4 is 10.6 Å². The molecule has 2 aromatic rings. The van der Waals surface area contributed by atoms with Crippen LogP contribution >= 0.6 is 0 Å². The molecule has 0 aliphatic carbocycles. The zero-order valence-electron chi connectivity index (χ0n) is 10.9. The highest BCUT2D eigenvalue weighted by Crippen LogP contribution is 2.23. The molecule has 0 bridgehead atoms. The van der Waals surface area contributed by atoms with E-state index in [1.807, 2.05) is 6.92 Å². The van der Waals surface area contributed by atoms with Crippen LogP contribution in [0.15, 0.2) is 6.33 Å². The van der Waals surface area contributed by atoms with Gasteiger partial charge in [-0.3, -0.25) is 0 Å². The van der Waals surface area contributed by atoms with Crippen molar-refractivity contribution in [2.75, 3.05) is 30.9 Å². The van der Waals surface area contributed by atoms with Gasteiger partial charge in [-0.25, -0.2) is 4.98 Å². The molecule has 0 spiro atoms. The molecule has 2 rings (SSSR count). The maximum atomic E-state index is 9.48. The van der Waals surface area contributed by atoms with E-state index in [-0.39, 0.29) is 13.2 Å². The summed E-state index contributed by atoms with van der Waals surface area (Å²) in [6.07, 6.45) is 2.07. The van der Waals surface area contributed by atoms with Gasteiger partial charge in [0.25, 0.3) is 0 Å². The Bertz CT molecular complexity index is 543. The molecule has 104 valence electrons. The summed E-state index contributed by atoms with van der Waals surface area (Å²) in [6, 6.07) is 0. The number of fused-ring (bicyclic) bond motifs is 1. The number of aromatic nitrogens is 4. The molecule has 19 heavy (non-hydrogen) atoms. The van der Waals surface area contributed by atoms with Crippen LogP contribution in [-0.2, 0) is 0 Å². The lowest BCUT2D eigenvalue weighted by Gasteiger charge is -2.30. The molecule has 2 heterocycles. The monoisotopic (exact) mass is 266 g/mol. The highest BCUT2D eigenvalue weighted by molar-refractivity contribution is 5.84. The molecular weight excluding hydrogens is 248 g/mol. The van der Waals surface area contributed by atoms with Crippen molar-refractivity contribution in [3.8, 4) is 0 Å². The second-order valence-electron chi connectivity index (χ2n) is 4.32. The molecule has 0 amide bonds. The van der Waals surface area contributed by atoms with Crippen LogP contribution in [-0.4, -0.2) is 55.9 Å². The van der Waals surface area contributed by atoms with Gasteiger partial charge in [-0.05, 0) is 6.42 Å². The van der Waals surface area contributed by atoms with E-state index in [0.29, 0.717) is 29.4 Å². The number of H-pyrrole nitrogens is 1. The molecule has 0 unspecified atom stereocenters. The normalized spacial score (nSPS) is 11.8. The minimum Gasteiger partial charge on any atom is -0.394 e. The Morgan fingerprint density at radius 1 is 1.32 bits per heavy atom. The number of rotatable bonds is 6. The van der Waals surface area contributed by atoms with Crippen molar-refractivity contribution in [1.29, 1.82) is 0 Å². The number of aliphatic hydroxyl groups is 2. The minimum atomic E-state index is -0.822. The molecule has 0 atom stereocenters. The second kappa shape index (κ2) is 5.37. The molecule has 0 aliphatic rings. The summed E-state index contributed by atoms with van der Waals surface area (Å²) in [5, 5.41) is 24.9. The SMILES string of the molecule is CCC(CO)(CO)Nc1nc(NC)nc2nc[nH]c12. The van der Waals surface area contributed by atoms with Gasteiger partial charge < -0.3 is 25.8 Å². The number of hydrogen-bond acceptors (Lipinski definition) is 7. The quantitative estimate of drug-likeness (QED) is 0.497. The van der Waals surface area contributed by atoms with Gasteiger partial charge in [-0.2, -0.15) is 9.97 Å². The average molecular weight is 266 g/mol. The van der Waals surface area contributed by atoms with Crippen LogP contribution in [0.2, 0.25) is 0 Å². The van der Waals surface area contributed by atoms with Crippen molar-refractivity contribution in [2.24, 2.45) is 0 Å². The Morgan fingerprint density at radius 3 is 2.63 bits per heavy atom. The number of aromatic amines is 1. The summed E-state index contributed by atoms with van der Waals surface area (Å²) >= 11 is 0. The predicted octanol–water partition coefficient (Wildman–Crippen LogP) is -0.0601. The van der Waals surface area contributed by atoms with Crippen molar-refractivity contribution >= 4 is 22.9 Å². The standard InChI is InChI=1S/C11H18N6O2/c1-3-11(4-18,5-19)17-9-7-8(14-6-13-7)15-10(12-2)16-9/h6,18-19H,3-5H2,1-2H3,(H3,12,13,14,15,16,17). The Hall–Kier alpha value is -1.93. The van der Waals surface area contributed by atoms with Gasteiger partial charge in [0.2, 0.25) is 5.95 Å². The van der Waals surface area contributed by atoms with E-state index in [9.17, 15) is 10.2 Å². The second-order valence-corrected chi connectivity index (χ2v) is 4.32. The lowest BCUT2D eigenvalue weighted by molar-refractivity contribution is 0.132. The predicted molar refractivity (Wildman–Crippen MR) is 72.0 cm³/mol. The molecule has 2 aromatic heterocycles. The third-order valence-corrected chi connectivity index (χ3v) is 3.17. The summed E-state index contributed by atoms with van der Waals surface area (Å²) < 4.78 is 0. The smallest absolute Gasteiger partial charge is 0.226 e. The van der Waals surface area contributed by atoms with Crippen LogP contribution in [0.3, 0.4) is 0 Å². The molecule has 0 aromatic carbocycles. The Labute approximate surface area is 110 Å². The zero-order valence-corrected chi connectivity index (χ0v) is 10.9. The third kappa shape index (κ3) is 2.45. The first-order valence-corrected chi connectivity index (χ1v) is 6.07. The summed E-state index contributed by atoms with van der Waals surface area (Å²) in [6.45, 7) is 1.48. The van der Waals surface area contributed by atoms with Gasteiger partial charge in [-0.15, -0.1) is 0 Å². The van der Waals surface area contributed by atoms with Crippen LogP contribution in [0.5, 0.6) is 0 Å². The summed E-state index contributed by atoms with van der Waals surface area (Å²) in [5.41, 5.74) is 0.332. The van der Waals surface area contributed by atoms with Crippen LogP contribution in [0.25, 0.3) is 11.2 Å². The van der Waals surface area contributed by atoms with Gasteiger partial charge >= 0.3 is 0 Å². The van der Waals surface area contributed by atoms with Gasteiger partial charge in [0.15, 0.2) is 11.5 Å². The van der Waals surface area contributed by atoms with Gasteiger partial charge in [-0.1, -0.05) is 6.92 Å². The summed E-state index contributed by atoms with van der Waals surface area (Å²) in [5.74, 6) is 0.916. The van der Waals surface area contributed by atoms with E-state index in [2.05, 4.69) is 30.6 Å². The average Bonchev–Trinajstić information content (AvgIpc) is 2.93. The van der Waals surface area contributed by atoms with Crippen molar-refractivity contribution in [1.82, 2.24) is 19.9 Å². The van der Waals surface area contributed by atoms with Crippen molar-refractivity contribution < 1.29 is 10.2 Å². The van der Waals surface area contributed by atoms with Gasteiger partial charge in [0, 0.05) is 7.05 Å². The molecule has 8 heteroatoms. The van der Waals surface area contributed by atoms with Crippen LogP contribution in [0.1, 0.15) is 13.3 Å². The van der Waals surface area contributed by atoms with E-state index in [4.69, 9.17) is 0 Å². The number of nitrogens with zero attached hydrogens (tertiary/aromatic N) is 3. The molecule has 0 radical (unpaired) electrons. The Kier molecular flexibility index (Phi) is 3.82. The first-order chi connectivity index (χ1) is 9.18. The van der Waals surface area contributed by atoms with Crippen molar-refractivity contribution in [2.45, 2.75) is 18.9 Å². The topological polar surface area (TPSA) is 119 Å². The summed E-state index contributed by atoms with van der Waals surface area (Å²) in [4.78, 5) is 15.5. The molecule has 8 nitrogen and oxygen atoms in total. The van der Waals surface area contributed by atoms with E-state index in [0.717, 1.165) is 0 Å². The fraction of sp³-hybridized carbons (Fsp3) is 0.545. The number of hydrogen-bond donors (Lipinski definition) is 5. The molecule has 0 saturated carbocycles. The number of aliphatic hydroxyl groups excluding tert-OH is 2. The van der Waals surface area contributed by atoms with Crippen LogP contribution in [0, 0.1) is 0 Å². The van der Waals surface area contributed by atoms with Gasteiger partial charge in [0.1, 0.15) is 5.52 Å². The van der Waals surface area contributed by atoms with Crippen molar-refractivity contribution in [3.05, 3.63) is 6.33 Å². The molecule has 5 N–H and O–H groups in total. The maximum Gasteiger partial charge on any atom is 0.226 e. The molecule has 0 fully saturated rings. The van der Waals surface area contributed by atoms with E-state index in [1.165, 1.54) is 6.33 Å². The largest absolute Gasteiger partial charge is 0.394 e. The fourth-order valence-electron chi connectivity index (χ4n) is 1.73. The molecular formula is C11H18N6O2. The van der Waals surface area contributed by atoms with E-state index < -0.39 is 5.54 Å². The minimum absolute atomic E-state index is 0.200. The molecule has 0 saturated heterocycles. The first-order valence-electron chi connectivity index (χ1n) is 6.07. The Morgan fingerprint density at radius 2 is 2.05 bits per heavy atom. The molecule has 0 aliphatic heterocycles. The lowest BCUT2D eigenvalue weighted by Crippen LogP contribution is -2.45. The number of imidazole rings is 1. The maximum absolute atomic E-state index is 9.48. The van der Waals surface area contributed by atoms with E-state index >= 15 is 0 Å². The summed E-state index contributed by atoms with van der Waals surface area (Å²) in [7, 11) is 1.71.